The molecule has 5 heteroatoms. The van der Waals surface area contributed by atoms with Crippen LogP contribution in [0.1, 0.15) is 40.2 Å². The Morgan fingerprint density at radius 1 is 1.05 bits per heavy atom. The van der Waals surface area contributed by atoms with E-state index in [1.807, 2.05) is 13.8 Å². The summed E-state index contributed by atoms with van der Waals surface area (Å²) in [6, 6.07) is 7.17. The Kier molecular flexibility index (Phi) is 4.26. The summed E-state index contributed by atoms with van der Waals surface area (Å²) in [5.74, 6) is -1.83. The van der Waals surface area contributed by atoms with Gasteiger partial charge in [-0.25, -0.2) is 9.59 Å². The molecule has 1 fully saturated rings. The smallest absolute Gasteiger partial charge is 0.349 e. The molecule has 1 aliphatic heterocycles. The largest absolute Gasteiger partial charge is 0.491 e. The monoisotopic (exact) mass is 304 g/mol. The molecule has 0 radical (unpaired) electrons. The van der Waals surface area contributed by atoms with Gasteiger partial charge in [0.1, 0.15) is 11.3 Å². The maximum atomic E-state index is 12.0. The van der Waals surface area contributed by atoms with Gasteiger partial charge in [0.05, 0.1) is 6.10 Å². The Hall–Kier alpha value is -2.30. The molecular weight excluding hydrogens is 284 g/mol. The van der Waals surface area contributed by atoms with Crippen molar-refractivity contribution < 1.29 is 23.8 Å². The summed E-state index contributed by atoms with van der Waals surface area (Å²) < 4.78 is 15.8. The van der Waals surface area contributed by atoms with Crippen LogP contribution in [0.5, 0.6) is 5.75 Å². The lowest BCUT2D eigenvalue weighted by molar-refractivity contribution is -0.222. The van der Waals surface area contributed by atoms with Crippen molar-refractivity contribution in [3.8, 4) is 5.75 Å². The van der Waals surface area contributed by atoms with Gasteiger partial charge in [-0.3, -0.25) is 0 Å². The van der Waals surface area contributed by atoms with E-state index >= 15 is 0 Å². The highest BCUT2D eigenvalue weighted by Gasteiger charge is 2.40. The average molecular weight is 304 g/mol. The quantitative estimate of drug-likeness (QED) is 0.488. The minimum atomic E-state index is -1.23. The number of carbonyl (C=O) groups excluding carboxylic acids is 2. The Morgan fingerprint density at radius 3 is 2.00 bits per heavy atom. The van der Waals surface area contributed by atoms with Crippen molar-refractivity contribution in [3.63, 3.8) is 0 Å². The molecule has 1 aromatic carbocycles. The van der Waals surface area contributed by atoms with Gasteiger partial charge in [0.15, 0.2) is 0 Å². The molecular formula is C17H20O5. The zero-order valence-corrected chi connectivity index (χ0v) is 13.4. The summed E-state index contributed by atoms with van der Waals surface area (Å²) in [6.45, 7) is 8.61. The molecule has 0 unspecified atom stereocenters. The van der Waals surface area contributed by atoms with Crippen molar-refractivity contribution >= 4 is 17.5 Å². The zero-order chi connectivity index (χ0) is 16.5. The number of hydrogen-bond donors (Lipinski definition) is 0. The first-order valence-electron chi connectivity index (χ1n) is 7.14. The van der Waals surface area contributed by atoms with Crippen molar-refractivity contribution in [1.82, 2.24) is 0 Å². The van der Waals surface area contributed by atoms with Crippen LogP contribution in [-0.4, -0.2) is 23.8 Å². The number of cyclic esters (lactones) is 2. The number of ether oxygens (including phenoxy) is 3. The SMILES string of the molecule is CC(=C1C(=O)OC(C)(C)OC1=O)c1ccc(OC(C)C)cc1. The summed E-state index contributed by atoms with van der Waals surface area (Å²) in [5, 5.41) is 0. The van der Waals surface area contributed by atoms with Gasteiger partial charge in [0.25, 0.3) is 5.79 Å². The molecule has 1 saturated heterocycles. The van der Waals surface area contributed by atoms with Gasteiger partial charge in [-0.15, -0.1) is 0 Å². The van der Waals surface area contributed by atoms with Crippen LogP contribution in [-0.2, 0) is 19.1 Å². The van der Waals surface area contributed by atoms with Gasteiger partial charge in [0, 0.05) is 13.8 Å². The maximum Gasteiger partial charge on any atom is 0.349 e. The summed E-state index contributed by atoms with van der Waals surface area (Å²) in [5.41, 5.74) is 1.18. The Balaban J connectivity index is 2.31. The first kappa shape index (κ1) is 16.1. The number of rotatable bonds is 3. The molecule has 1 aromatic rings. The number of carbonyl (C=O) groups is 2. The van der Waals surface area contributed by atoms with E-state index < -0.39 is 17.7 Å². The van der Waals surface area contributed by atoms with Crippen molar-refractivity contribution in [3.05, 3.63) is 35.4 Å². The molecule has 0 spiro atoms. The van der Waals surface area contributed by atoms with Gasteiger partial charge >= 0.3 is 11.9 Å². The van der Waals surface area contributed by atoms with Gasteiger partial charge in [-0.05, 0) is 44.0 Å². The minimum Gasteiger partial charge on any atom is -0.491 e. The molecule has 0 saturated carbocycles. The van der Waals surface area contributed by atoms with Crippen LogP contribution in [0.25, 0.3) is 5.57 Å². The van der Waals surface area contributed by atoms with E-state index in [1.165, 1.54) is 13.8 Å². The van der Waals surface area contributed by atoms with Crippen LogP contribution in [0.2, 0.25) is 0 Å². The van der Waals surface area contributed by atoms with Crippen LogP contribution in [0, 0.1) is 0 Å². The molecule has 0 bridgehead atoms. The third-order valence-corrected chi connectivity index (χ3v) is 3.12. The van der Waals surface area contributed by atoms with Crippen molar-refractivity contribution in [2.24, 2.45) is 0 Å². The molecule has 1 heterocycles. The maximum absolute atomic E-state index is 12.0. The lowest BCUT2D eigenvalue weighted by Crippen LogP contribution is -2.42. The fourth-order valence-corrected chi connectivity index (χ4v) is 2.16. The van der Waals surface area contributed by atoms with Crippen molar-refractivity contribution in [2.45, 2.75) is 46.5 Å². The summed E-state index contributed by atoms with van der Waals surface area (Å²) >= 11 is 0. The average Bonchev–Trinajstić information content (AvgIpc) is 2.36. The highest BCUT2D eigenvalue weighted by atomic mass is 16.7. The van der Waals surface area contributed by atoms with E-state index in [2.05, 4.69) is 0 Å². The first-order chi connectivity index (χ1) is 10.2. The van der Waals surface area contributed by atoms with E-state index in [4.69, 9.17) is 14.2 Å². The number of esters is 2. The van der Waals surface area contributed by atoms with Crippen LogP contribution in [0.4, 0.5) is 0 Å². The molecule has 0 aliphatic carbocycles. The standard InChI is InChI=1S/C17H20O5/c1-10(2)20-13-8-6-12(7-9-13)11(3)14-15(18)21-17(4,5)22-16(14)19/h6-10H,1-5H3. The fourth-order valence-electron chi connectivity index (χ4n) is 2.16. The molecule has 0 amide bonds. The normalized spacial score (nSPS) is 17.1. The molecule has 0 N–H and O–H groups in total. The van der Waals surface area contributed by atoms with Crippen LogP contribution < -0.4 is 4.74 Å². The van der Waals surface area contributed by atoms with E-state index in [0.29, 0.717) is 5.57 Å². The molecule has 2 rings (SSSR count). The Labute approximate surface area is 129 Å². The molecule has 0 atom stereocenters. The van der Waals surface area contributed by atoms with E-state index in [0.717, 1.165) is 11.3 Å². The highest BCUT2D eigenvalue weighted by molar-refractivity contribution is 6.20. The van der Waals surface area contributed by atoms with E-state index in [9.17, 15) is 9.59 Å². The lowest BCUT2D eigenvalue weighted by atomic mass is 10.0. The molecule has 5 nitrogen and oxygen atoms in total. The second kappa shape index (κ2) is 5.83. The predicted molar refractivity (Wildman–Crippen MR) is 81.1 cm³/mol. The predicted octanol–water partition coefficient (Wildman–Crippen LogP) is 3.08. The Bertz CT molecular complexity index is 601. The van der Waals surface area contributed by atoms with E-state index in [1.54, 1.807) is 31.2 Å². The fraction of sp³-hybridized carbons (Fsp3) is 0.412. The molecule has 1 aliphatic rings. The molecule has 22 heavy (non-hydrogen) atoms. The second-order valence-electron chi connectivity index (χ2n) is 5.87. The van der Waals surface area contributed by atoms with Gasteiger partial charge in [-0.1, -0.05) is 12.1 Å². The second-order valence-corrected chi connectivity index (χ2v) is 5.87. The molecule has 0 aromatic heterocycles. The van der Waals surface area contributed by atoms with Crippen LogP contribution in [0.15, 0.2) is 29.8 Å². The van der Waals surface area contributed by atoms with Gasteiger partial charge in [-0.2, -0.15) is 0 Å². The van der Waals surface area contributed by atoms with E-state index in [-0.39, 0.29) is 11.7 Å². The van der Waals surface area contributed by atoms with Gasteiger partial charge in [0.2, 0.25) is 0 Å². The van der Waals surface area contributed by atoms with Crippen molar-refractivity contribution in [1.29, 1.82) is 0 Å². The number of allylic oxidation sites excluding steroid dienone is 1. The zero-order valence-electron chi connectivity index (χ0n) is 13.4. The first-order valence-corrected chi connectivity index (χ1v) is 7.14. The molecule has 118 valence electrons. The Morgan fingerprint density at radius 2 is 1.55 bits per heavy atom. The summed E-state index contributed by atoms with van der Waals surface area (Å²) in [6.07, 6.45) is 0.0795. The van der Waals surface area contributed by atoms with Crippen molar-refractivity contribution in [2.75, 3.05) is 0 Å². The minimum absolute atomic E-state index is 0.0724. The summed E-state index contributed by atoms with van der Waals surface area (Å²) in [4.78, 5) is 24.1. The third-order valence-electron chi connectivity index (χ3n) is 3.12. The number of benzene rings is 1. The number of hydrogen-bond acceptors (Lipinski definition) is 5. The topological polar surface area (TPSA) is 61.8 Å². The van der Waals surface area contributed by atoms with Crippen LogP contribution in [0.3, 0.4) is 0 Å². The lowest BCUT2D eigenvalue weighted by Gasteiger charge is -2.30. The van der Waals surface area contributed by atoms with Gasteiger partial charge < -0.3 is 14.2 Å². The highest BCUT2D eigenvalue weighted by Crippen LogP contribution is 2.29. The third kappa shape index (κ3) is 3.47. The summed E-state index contributed by atoms with van der Waals surface area (Å²) in [7, 11) is 0. The van der Waals surface area contributed by atoms with Crippen LogP contribution >= 0.6 is 0 Å².